The maximum atomic E-state index is 6.83. The van der Waals surface area contributed by atoms with Crippen molar-refractivity contribution >= 4 is 22.1 Å². The molecule has 1 aliphatic rings. The van der Waals surface area contributed by atoms with Gasteiger partial charge >= 0.3 is 0 Å². The standard InChI is InChI=1S/C45H28N4O/c1-5-16-29(17-6-1)41-47-42(30-18-7-2-8-19-30)49-43(48-41)35-28-37-39(40-38(35)34-25-15-27-46-44(34)50-40)33-24-13-14-26-36(33)45(37,31-20-9-3-10-21-31)32-22-11-4-12-23-32/h1-28H. The lowest BCUT2D eigenvalue weighted by molar-refractivity contribution is 0.654. The second-order valence-electron chi connectivity index (χ2n) is 12.6. The zero-order chi connectivity index (χ0) is 33.1. The quantitative estimate of drug-likeness (QED) is 0.187. The van der Waals surface area contributed by atoms with Crippen molar-refractivity contribution in [1.82, 2.24) is 19.9 Å². The Bertz CT molecular complexity index is 2590. The Balaban J connectivity index is 1.38. The van der Waals surface area contributed by atoms with Crippen molar-refractivity contribution in [1.29, 1.82) is 0 Å². The molecule has 234 valence electrons. The van der Waals surface area contributed by atoms with Gasteiger partial charge in [0.25, 0.3) is 0 Å². The summed E-state index contributed by atoms with van der Waals surface area (Å²) in [7, 11) is 0. The smallest absolute Gasteiger partial charge is 0.227 e. The van der Waals surface area contributed by atoms with E-state index in [1.165, 1.54) is 16.7 Å². The zero-order valence-electron chi connectivity index (χ0n) is 26.9. The van der Waals surface area contributed by atoms with E-state index < -0.39 is 5.41 Å². The summed E-state index contributed by atoms with van der Waals surface area (Å²) in [5.41, 5.74) is 10.3. The van der Waals surface area contributed by atoms with Gasteiger partial charge in [-0.2, -0.15) is 0 Å². The molecule has 0 amide bonds. The molecule has 3 aromatic heterocycles. The summed E-state index contributed by atoms with van der Waals surface area (Å²) >= 11 is 0. The van der Waals surface area contributed by atoms with Crippen LogP contribution in [0.4, 0.5) is 0 Å². The third-order valence-electron chi connectivity index (χ3n) is 9.88. The van der Waals surface area contributed by atoms with Crippen LogP contribution in [-0.4, -0.2) is 19.9 Å². The summed E-state index contributed by atoms with van der Waals surface area (Å²) in [6.45, 7) is 0. The summed E-state index contributed by atoms with van der Waals surface area (Å²) in [4.78, 5) is 20.1. The van der Waals surface area contributed by atoms with E-state index in [4.69, 9.17) is 24.4 Å². The fourth-order valence-corrected chi connectivity index (χ4v) is 7.79. The van der Waals surface area contributed by atoms with Gasteiger partial charge < -0.3 is 4.42 Å². The lowest BCUT2D eigenvalue weighted by Gasteiger charge is -2.34. The van der Waals surface area contributed by atoms with Crippen molar-refractivity contribution in [2.45, 2.75) is 5.41 Å². The van der Waals surface area contributed by atoms with Crippen LogP contribution in [0.1, 0.15) is 22.3 Å². The van der Waals surface area contributed by atoms with Crippen molar-refractivity contribution in [2.24, 2.45) is 0 Å². The predicted octanol–water partition coefficient (Wildman–Crippen LogP) is 10.5. The zero-order valence-corrected chi connectivity index (χ0v) is 26.9. The minimum absolute atomic E-state index is 0.572. The van der Waals surface area contributed by atoms with Gasteiger partial charge in [-0.1, -0.05) is 146 Å². The van der Waals surface area contributed by atoms with Gasteiger partial charge in [0.2, 0.25) is 5.71 Å². The van der Waals surface area contributed by atoms with Crippen molar-refractivity contribution in [2.75, 3.05) is 0 Å². The number of furan rings is 1. The molecule has 6 aromatic carbocycles. The van der Waals surface area contributed by atoms with Crippen LogP contribution in [0.15, 0.2) is 174 Å². The Labute approximate surface area is 288 Å². The number of hydrogen-bond donors (Lipinski definition) is 0. The van der Waals surface area contributed by atoms with Crippen LogP contribution in [0, 0.1) is 0 Å². The Morgan fingerprint density at radius 2 is 1.00 bits per heavy atom. The molecule has 9 aromatic rings. The summed E-state index contributed by atoms with van der Waals surface area (Å²) in [5.74, 6) is 1.78. The summed E-state index contributed by atoms with van der Waals surface area (Å²) in [6.07, 6.45) is 1.78. The molecule has 50 heavy (non-hydrogen) atoms. The Morgan fingerprint density at radius 3 is 1.62 bits per heavy atom. The van der Waals surface area contributed by atoms with Gasteiger partial charge in [-0.05, 0) is 46.0 Å². The number of pyridine rings is 1. The van der Waals surface area contributed by atoms with Gasteiger partial charge in [0.1, 0.15) is 5.58 Å². The first kappa shape index (κ1) is 28.3. The van der Waals surface area contributed by atoms with E-state index in [9.17, 15) is 0 Å². The van der Waals surface area contributed by atoms with Gasteiger partial charge in [0.15, 0.2) is 17.5 Å². The van der Waals surface area contributed by atoms with Gasteiger partial charge in [0.05, 0.1) is 5.41 Å². The first-order valence-electron chi connectivity index (χ1n) is 16.7. The number of benzene rings is 6. The van der Waals surface area contributed by atoms with Crippen LogP contribution >= 0.6 is 0 Å². The van der Waals surface area contributed by atoms with E-state index >= 15 is 0 Å². The monoisotopic (exact) mass is 640 g/mol. The van der Waals surface area contributed by atoms with E-state index in [0.29, 0.717) is 23.2 Å². The van der Waals surface area contributed by atoms with Crippen LogP contribution < -0.4 is 0 Å². The van der Waals surface area contributed by atoms with Gasteiger partial charge in [-0.25, -0.2) is 19.9 Å². The molecular formula is C45H28N4O. The molecule has 0 N–H and O–H groups in total. The summed E-state index contributed by atoms with van der Waals surface area (Å²) < 4.78 is 6.83. The highest BCUT2D eigenvalue weighted by atomic mass is 16.3. The van der Waals surface area contributed by atoms with Crippen LogP contribution in [0.5, 0.6) is 0 Å². The van der Waals surface area contributed by atoms with Crippen molar-refractivity contribution in [3.63, 3.8) is 0 Å². The average Bonchev–Trinajstić information content (AvgIpc) is 3.73. The topological polar surface area (TPSA) is 64.7 Å². The molecule has 5 nitrogen and oxygen atoms in total. The highest BCUT2D eigenvalue weighted by molar-refractivity contribution is 6.17. The van der Waals surface area contributed by atoms with Gasteiger partial charge in [0, 0.05) is 39.2 Å². The number of aromatic nitrogens is 4. The Morgan fingerprint density at radius 1 is 0.460 bits per heavy atom. The Hall–Kier alpha value is -6.72. The van der Waals surface area contributed by atoms with E-state index in [2.05, 4.69) is 97.1 Å². The SMILES string of the molecule is c1ccc(-c2nc(-c3ccccc3)nc(-c3cc4c(c5oc6ncccc6c35)-c3ccccc3C4(c3ccccc3)c3ccccc3)n2)cc1. The number of rotatable bonds is 5. The summed E-state index contributed by atoms with van der Waals surface area (Å²) in [6, 6.07) is 56.8. The molecule has 5 heteroatoms. The highest BCUT2D eigenvalue weighted by Crippen LogP contribution is 2.59. The highest BCUT2D eigenvalue weighted by Gasteiger charge is 2.48. The first-order valence-corrected chi connectivity index (χ1v) is 16.7. The fraction of sp³-hybridized carbons (Fsp3) is 0.0222. The van der Waals surface area contributed by atoms with Gasteiger partial charge in [-0.3, -0.25) is 0 Å². The molecule has 0 unspecified atom stereocenters. The molecular weight excluding hydrogens is 613 g/mol. The normalized spacial score (nSPS) is 13.0. The van der Waals surface area contributed by atoms with Crippen LogP contribution in [-0.2, 0) is 5.41 Å². The van der Waals surface area contributed by atoms with Crippen molar-refractivity contribution in [3.8, 4) is 45.3 Å². The third kappa shape index (κ3) is 4.13. The van der Waals surface area contributed by atoms with E-state index in [1.807, 2.05) is 66.7 Å². The van der Waals surface area contributed by atoms with E-state index in [-0.39, 0.29) is 0 Å². The molecule has 3 heterocycles. The number of hydrogen-bond acceptors (Lipinski definition) is 5. The van der Waals surface area contributed by atoms with Gasteiger partial charge in [-0.15, -0.1) is 0 Å². The number of nitrogens with zero attached hydrogens (tertiary/aromatic N) is 4. The Kier molecular flexibility index (Phi) is 6.33. The van der Waals surface area contributed by atoms with Crippen molar-refractivity contribution in [3.05, 3.63) is 192 Å². The molecule has 0 atom stereocenters. The molecule has 0 radical (unpaired) electrons. The largest absolute Gasteiger partial charge is 0.437 e. The minimum Gasteiger partial charge on any atom is -0.437 e. The lowest BCUT2D eigenvalue weighted by atomic mass is 9.67. The second kappa shape index (κ2) is 11.2. The average molecular weight is 641 g/mol. The second-order valence-corrected chi connectivity index (χ2v) is 12.6. The molecule has 0 saturated carbocycles. The van der Waals surface area contributed by atoms with E-state index in [0.717, 1.165) is 49.7 Å². The van der Waals surface area contributed by atoms with Crippen LogP contribution in [0.2, 0.25) is 0 Å². The van der Waals surface area contributed by atoms with E-state index in [1.54, 1.807) is 6.20 Å². The molecule has 10 rings (SSSR count). The maximum Gasteiger partial charge on any atom is 0.227 e. The molecule has 0 bridgehead atoms. The minimum atomic E-state index is -0.638. The van der Waals surface area contributed by atoms with Crippen LogP contribution in [0.3, 0.4) is 0 Å². The molecule has 0 spiro atoms. The third-order valence-corrected chi connectivity index (χ3v) is 9.88. The lowest BCUT2D eigenvalue weighted by Crippen LogP contribution is -2.28. The molecule has 0 saturated heterocycles. The number of fused-ring (bicyclic) bond motifs is 7. The summed E-state index contributed by atoms with van der Waals surface area (Å²) in [5, 5.41) is 1.85. The van der Waals surface area contributed by atoms with Crippen LogP contribution in [0.25, 0.3) is 67.4 Å². The maximum absolute atomic E-state index is 6.83. The van der Waals surface area contributed by atoms with Crippen molar-refractivity contribution < 1.29 is 4.42 Å². The predicted molar refractivity (Wildman–Crippen MR) is 199 cm³/mol. The molecule has 1 aliphatic carbocycles. The first-order chi connectivity index (χ1) is 24.8. The fourth-order valence-electron chi connectivity index (χ4n) is 7.79. The molecule has 0 aliphatic heterocycles. The molecule has 0 fully saturated rings.